The Morgan fingerprint density at radius 2 is 1.81 bits per heavy atom. The summed E-state index contributed by atoms with van der Waals surface area (Å²) in [4.78, 5) is 18.2. The maximum atomic E-state index is 9.75. The first kappa shape index (κ1) is 18.7. The van der Waals surface area contributed by atoms with E-state index in [1.54, 1.807) is 13.2 Å². The molecule has 1 rings (SSSR count). The fourth-order valence-corrected chi connectivity index (χ4v) is 1.27. The van der Waals surface area contributed by atoms with Crippen LogP contribution < -0.4 is 10.1 Å². The highest BCUT2D eigenvalue weighted by Crippen LogP contribution is 2.28. The zero-order valence-electron chi connectivity index (χ0n) is 11.8. The molecule has 0 saturated heterocycles. The number of aliphatic carboxylic acids is 2. The summed E-state index contributed by atoms with van der Waals surface area (Å²) in [5, 5.41) is 27.7. The van der Waals surface area contributed by atoms with E-state index in [1.807, 2.05) is 12.1 Å². The number of para-hydroxylation sites is 1. The van der Waals surface area contributed by atoms with Crippen molar-refractivity contribution in [1.29, 1.82) is 0 Å². The minimum atomic E-state index is -1.82. The number of hydrogen-bond donors (Lipinski definition) is 4. The van der Waals surface area contributed by atoms with Crippen LogP contribution in [-0.4, -0.2) is 54.6 Å². The Morgan fingerprint density at radius 3 is 2.29 bits per heavy atom. The standard InChI is InChI=1S/C11H17NO3.C2H2O4/c1-14-7-6-12-8-9-4-3-5-10(15-2)11(9)13;3-1(4)2(5)6/h3-5,12-13H,6-8H2,1-2H3;(H,3,4)(H,5,6). The van der Waals surface area contributed by atoms with Crippen molar-refractivity contribution in [3.8, 4) is 11.5 Å². The van der Waals surface area contributed by atoms with Crippen LogP contribution in [0.5, 0.6) is 11.5 Å². The molecule has 8 heteroatoms. The van der Waals surface area contributed by atoms with Gasteiger partial charge in [-0.3, -0.25) is 0 Å². The predicted molar refractivity (Wildman–Crippen MR) is 73.5 cm³/mol. The number of methoxy groups -OCH3 is 2. The smallest absolute Gasteiger partial charge is 0.414 e. The van der Waals surface area contributed by atoms with Gasteiger partial charge in [0.15, 0.2) is 11.5 Å². The maximum absolute atomic E-state index is 9.75. The van der Waals surface area contributed by atoms with Crippen molar-refractivity contribution in [3.63, 3.8) is 0 Å². The van der Waals surface area contributed by atoms with Crippen LogP contribution in [0.1, 0.15) is 5.56 Å². The van der Waals surface area contributed by atoms with Gasteiger partial charge in [0.05, 0.1) is 13.7 Å². The third kappa shape index (κ3) is 7.75. The Labute approximate surface area is 121 Å². The molecule has 0 amide bonds. The van der Waals surface area contributed by atoms with E-state index in [2.05, 4.69) is 5.32 Å². The number of carboxylic acid groups (broad SMARTS) is 2. The second kappa shape index (κ2) is 10.5. The zero-order chi connectivity index (χ0) is 16.3. The monoisotopic (exact) mass is 301 g/mol. The predicted octanol–water partition coefficient (Wildman–Crippen LogP) is 0.292. The van der Waals surface area contributed by atoms with Gasteiger partial charge in [-0.2, -0.15) is 0 Å². The average Bonchev–Trinajstić information content (AvgIpc) is 2.45. The Balaban J connectivity index is 0.000000567. The fraction of sp³-hybridized carbons (Fsp3) is 0.385. The van der Waals surface area contributed by atoms with E-state index in [0.717, 1.165) is 12.1 Å². The Morgan fingerprint density at radius 1 is 1.19 bits per heavy atom. The molecule has 0 bridgehead atoms. The number of hydrogen-bond acceptors (Lipinski definition) is 6. The van der Waals surface area contributed by atoms with Gasteiger partial charge in [-0.1, -0.05) is 12.1 Å². The van der Waals surface area contributed by atoms with Crippen molar-refractivity contribution < 1.29 is 34.4 Å². The largest absolute Gasteiger partial charge is 0.504 e. The summed E-state index contributed by atoms with van der Waals surface area (Å²) in [7, 11) is 3.20. The summed E-state index contributed by atoms with van der Waals surface area (Å²) in [5.41, 5.74) is 0.824. The third-order valence-corrected chi connectivity index (χ3v) is 2.28. The highest BCUT2D eigenvalue weighted by Gasteiger charge is 2.06. The summed E-state index contributed by atoms with van der Waals surface area (Å²) >= 11 is 0. The molecule has 0 aromatic heterocycles. The van der Waals surface area contributed by atoms with Gasteiger partial charge in [0, 0.05) is 25.8 Å². The topological polar surface area (TPSA) is 125 Å². The molecule has 0 radical (unpaired) electrons. The lowest BCUT2D eigenvalue weighted by Gasteiger charge is -2.09. The molecule has 0 saturated carbocycles. The number of ether oxygens (including phenoxy) is 2. The summed E-state index contributed by atoms with van der Waals surface area (Å²) in [6.07, 6.45) is 0. The molecule has 1 aromatic rings. The van der Waals surface area contributed by atoms with E-state index in [1.165, 1.54) is 7.11 Å². The van der Waals surface area contributed by atoms with Gasteiger partial charge >= 0.3 is 11.9 Å². The SMILES string of the molecule is COCCNCc1cccc(OC)c1O.O=C(O)C(=O)O. The van der Waals surface area contributed by atoms with Crippen molar-refractivity contribution in [3.05, 3.63) is 23.8 Å². The molecular formula is C13H19NO7. The molecule has 0 aliphatic heterocycles. The second-order valence-corrected chi connectivity index (χ2v) is 3.75. The van der Waals surface area contributed by atoms with Crippen LogP contribution in [-0.2, 0) is 20.9 Å². The summed E-state index contributed by atoms with van der Waals surface area (Å²) in [5.74, 6) is -2.95. The van der Waals surface area contributed by atoms with Gasteiger partial charge in [0.1, 0.15) is 0 Å². The Kier molecular flexibility index (Phi) is 9.31. The number of benzene rings is 1. The number of phenols is 1. The van der Waals surface area contributed by atoms with Crippen LogP contribution in [0.15, 0.2) is 18.2 Å². The zero-order valence-corrected chi connectivity index (χ0v) is 11.8. The van der Waals surface area contributed by atoms with Gasteiger partial charge < -0.3 is 30.1 Å². The lowest BCUT2D eigenvalue weighted by atomic mass is 10.2. The molecule has 0 heterocycles. The number of rotatable bonds is 6. The molecule has 118 valence electrons. The Bertz CT molecular complexity index is 450. The minimum Gasteiger partial charge on any atom is -0.504 e. The average molecular weight is 301 g/mol. The number of aromatic hydroxyl groups is 1. The van der Waals surface area contributed by atoms with Crippen LogP contribution >= 0.6 is 0 Å². The molecule has 8 nitrogen and oxygen atoms in total. The van der Waals surface area contributed by atoms with E-state index in [9.17, 15) is 5.11 Å². The van der Waals surface area contributed by atoms with Crippen molar-refractivity contribution in [2.45, 2.75) is 6.54 Å². The molecule has 1 aromatic carbocycles. The van der Waals surface area contributed by atoms with Crippen LogP contribution in [0.2, 0.25) is 0 Å². The van der Waals surface area contributed by atoms with Gasteiger partial charge in [-0.05, 0) is 6.07 Å². The first-order chi connectivity index (χ1) is 9.93. The number of carboxylic acids is 2. The highest BCUT2D eigenvalue weighted by atomic mass is 16.5. The first-order valence-corrected chi connectivity index (χ1v) is 5.94. The van der Waals surface area contributed by atoms with Gasteiger partial charge in [0.2, 0.25) is 0 Å². The molecule has 0 atom stereocenters. The third-order valence-electron chi connectivity index (χ3n) is 2.28. The van der Waals surface area contributed by atoms with Crippen LogP contribution in [0.4, 0.5) is 0 Å². The van der Waals surface area contributed by atoms with Crippen LogP contribution in [0.25, 0.3) is 0 Å². The molecule has 0 aliphatic rings. The van der Waals surface area contributed by atoms with E-state index in [0.29, 0.717) is 18.9 Å². The van der Waals surface area contributed by atoms with E-state index < -0.39 is 11.9 Å². The fourth-order valence-electron chi connectivity index (χ4n) is 1.27. The van der Waals surface area contributed by atoms with Crippen LogP contribution in [0.3, 0.4) is 0 Å². The quantitative estimate of drug-likeness (QED) is 0.436. The van der Waals surface area contributed by atoms with E-state index in [4.69, 9.17) is 29.3 Å². The normalized spacial score (nSPS) is 9.43. The molecule has 0 unspecified atom stereocenters. The lowest BCUT2D eigenvalue weighted by Crippen LogP contribution is -2.18. The van der Waals surface area contributed by atoms with Gasteiger partial charge in [-0.15, -0.1) is 0 Å². The molecule has 0 fully saturated rings. The molecule has 0 aliphatic carbocycles. The van der Waals surface area contributed by atoms with Gasteiger partial charge in [0.25, 0.3) is 0 Å². The van der Waals surface area contributed by atoms with E-state index >= 15 is 0 Å². The summed E-state index contributed by atoms with van der Waals surface area (Å²) in [6, 6.07) is 5.44. The second-order valence-electron chi connectivity index (χ2n) is 3.75. The van der Waals surface area contributed by atoms with Crippen molar-refractivity contribution >= 4 is 11.9 Å². The van der Waals surface area contributed by atoms with Crippen molar-refractivity contribution in [2.75, 3.05) is 27.4 Å². The summed E-state index contributed by atoms with van der Waals surface area (Å²) < 4.78 is 9.92. The van der Waals surface area contributed by atoms with E-state index in [-0.39, 0.29) is 5.75 Å². The number of nitrogens with one attached hydrogen (secondary N) is 1. The van der Waals surface area contributed by atoms with Crippen molar-refractivity contribution in [2.24, 2.45) is 0 Å². The first-order valence-electron chi connectivity index (χ1n) is 5.94. The number of phenolic OH excluding ortho intramolecular Hbond substituents is 1. The Hall–Kier alpha value is -2.32. The number of carbonyl (C=O) groups is 2. The molecule has 0 spiro atoms. The minimum absolute atomic E-state index is 0.199. The lowest BCUT2D eigenvalue weighted by molar-refractivity contribution is -0.159. The molecular weight excluding hydrogens is 282 g/mol. The molecule has 21 heavy (non-hydrogen) atoms. The maximum Gasteiger partial charge on any atom is 0.414 e. The van der Waals surface area contributed by atoms with Crippen molar-refractivity contribution in [1.82, 2.24) is 5.32 Å². The van der Waals surface area contributed by atoms with Gasteiger partial charge in [-0.25, -0.2) is 9.59 Å². The highest BCUT2D eigenvalue weighted by molar-refractivity contribution is 6.27. The summed E-state index contributed by atoms with van der Waals surface area (Å²) in [6.45, 7) is 2.02. The molecule has 4 N–H and O–H groups in total. The van der Waals surface area contributed by atoms with Crippen LogP contribution in [0, 0.1) is 0 Å².